The summed E-state index contributed by atoms with van der Waals surface area (Å²) >= 11 is 0. The SMILES string of the molecule is CCC(C(=O)NCc1ccccc1)N(C)C(C)=O. The van der Waals surface area contributed by atoms with Gasteiger partial charge in [0.25, 0.3) is 0 Å². The Morgan fingerprint density at radius 1 is 1.28 bits per heavy atom. The van der Waals surface area contributed by atoms with Crippen molar-refractivity contribution in [2.75, 3.05) is 7.05 Å². The van der Waals surface area contributed by atoms with Crippen molar-refractivity contribution >= 4 is 11.8 Å². The molecule has 98 valence electrons. The Hall–Kier alpha value is -1.84. The molecule has 4 heteroatoms. The van der Waals surface area contributed by atoms with E-state index in [9.17, 15) is 9.59 Å². The maximum atomic E-state index is 12.0. The van der Waals surface area contributed by atoms with Crippen LogP contribution in [0.3, 0.4) is 0 Å². The highest BCUT2D eigenvalue weighted by Gasteiger charge is 2.22. The predicted molar refractivity (Wildman–Crippen MR) is 70.8 cm³/mol. The molecule has 1 atom stereocenters. The van der Waals surface area contributed by atoms with Crippen LogP contribution in [0.1, 0.15) is 25.8 Å². The third-order valence-electron chi connectivity index (χ3n) is 2.96. The zero-order valence-electron chi connectivity index (χ0n) is 11.1. The summed E-state index contributed by atoms with van der Waals surface area (Å²) in [6, 6.07) is 9.31. The molecule has 0 aromatic heterocycles. The molecule has 4 nitrogen and oxygen atoms in total. The van der Waals surface area contributed by atoms with Gasteiger partial charge in [-0.15, -0.1) is 0 Å². The Morgan fingerprint density at radius 3 is 2.39 bits per heavy atom. The molecule has 1 rings (SSSR count). The van der Waals surface area contributed by atoms with Crippen LogP contribution >= 0.6 is 0 Å². The molecule has 2 amide bonds. The number of nitrogens with zero attached hydrogens (tertiary/aromatic N) is 1. The molecule has 0 bridgehead atoms. The highest BCUT2D eigenvalue weighted by atomic mass is 16.2. The lowest BCUT2D eigenvalue weighted by molar-refractivity contribution is -0.137. The van der Waals surface area contributed by atoms with Crippen LogP contribution in [-0.4, -0.2) is 29.8 Å². The van der Waals surface area contributed by atoms with Gasteiger partial charge in [-0.05, 0) is 12.0 Å². The largest absolute Gasteiger partial charge is 0.350 e. The summed E-state index contributed by atoms with van der Waals surface area (Å²) < 4.78 is 0. The Balaban J connectivity index is 2.56. The standard InChI is InChI=1S/C14H20N2O2/c1-4-13(16(3)11(2)17)14(18)15-10-12-8-6-5-7-9-12/h5-9,13H,4,10H2,1-3H3,(H,15,18). The summed E-state index contributed by atoms with van der Waals surface area (Å²) in [6.07, 6.45) is 0.608. The van der Waals surface area contributed by atoms with Crippen LogP contribution in [-0.2, 0) is 16.1 Å². The monoisotopic (exact) mass is 248 g/mol. The van der Waals surface area contributed by atoms with E-state index >= 15 is 0 Å². The lowest BCUT2D eigenvalue weighted by atomic mass is 10.1. The van der Waals surface area contributed by atoms with Crippen molar-refractivity contribution < 1.29 is 9.59 Å². The number of rotatable bonds is 5. The van der Waals surface area contributed by atoms with Crippen molar-refractivity contribution in [1.82, 2.24) is 10.2 Å². The second-order valence-corrected chi connectivity index (χ2v) is 4.26. The van der Waals surface area contributed by atoms with Gasteiger partial charge < -0.3 is 10.2 Å². The minimum Gasteiger partial charge on any atom is -0.350 e. The summed E-state index contributed by atoms with van der Waals surface area (Å²) in [5.74, 6) is -0.212. The Morgan fingerprint density at radius 2 is 1.89 bits per heavy atom. The first kappa shape index (κ1) is 14.2. The molecule has 1 aromatic rings. The fourth-order valence-electron chi connectivity index (χ4n) is 1.76. The highest BCUT2D eigenvalue weighted by Crippen LogP contribution is 2.04. The molecule has 0 saturated heterocycles. The Kier molecular flexibility index (Phi) is 5.36. The fourth-order valence-corrected chi connectivity index (χ4v) is 1.76. The molecular formula is C14H20N2O2. The molecule has 1 aromatic carbocycles. The summed E-state index contributed by atoms with van der Waals surface area (Å²) in [5.41, 5.74) is 1.05. The first-order valence-electron chi connectivity index (χ1n) is 6.11. The molecule has 1 N–H and O–H groups in total. The van der Waals surface area contributed by atoms with E-state index in [1.807, 2.05) is 37.3 Å². The number of hydrogen-bond donors (Lipinski definition) is 1. The number of amides is 2. The van der Waals surface area contributed by atoms with E-state index in [1.165, 1.54) is 11.8 Å². The lowest BCUT2D eigenvalue weighted by Gasteiger charge is -2.25. The van der Waals surface area contributed by atoms with E-state index in [-0.39, 0.29) is 11.8 Å². The van der Waals surface area contributed by atoms with E-state index in [2.05, 4.69) is 5.32 Å². The van der Waals surface area contributed by atoms with Crippen LogP contribution < -0.4 is 5.32 Å². The number of carbonyl (C=O) groups is 2. The number of nitrogens with one attached hydrogen (secondary N) is 1. The third kappa shape index (κ3) is 3.87. The molecule has 0 radical (unpaired) electrons. The molecule has 0 fully saturated rings. The number of carbonyl (C=O) groups excluding carboxylic acids is 2. The smallest absolute Gasteiger partial charge is 0.243 e. The van der Waals surface area contributed by atoms with Crippen molar-refractivity contribution in [3.63, 3.8) is 0 Å². The van der Waals surface area contributed by atoms with Gasteiger partial charge in [0.2, 0.25) is 11.8 Å². The van der Waals surface area contributed by atoms with E-state index in [0.717, 1.165) is 5.56 Å². The molecule has 1 unspecified atom stereocenters. The average molecular weight is 248 g/mol. The van der Waals surface area contributed by atoms with Crippen LogP contribution in [0.25, 0.3) is 0 Å². The van der Waals surface area contributed by atoms with Crippen LogP contribution in [0.4, 0.5) is 0 Å². The van der Waals surface area contributed by atoms with Gasteiger partial charge >= 0.3 is 0 Å². The average Bonchev–Trinajstić information content (AvgIpc) is 2.38. The number of benzene rings is 1. The third-order valence-corrected chi connectivity index (χ3v) is 2.96. The lowest BCUT2D eigenvalue weighted by Crippen LogP contribution is -2.46. The van der Waals surface area contributed by atoms with Crippen LogP contribution in [0.2, 0.25) is 0 Å². The van der Waals surface area contributed by atoms with Gasteiger partial charge in [-0.2, -0.15) is 0 Å². The second kappa shape index (κ2) is 6.79. The topological polar surface area (TPSA) is 49.4 Å². The summed E-state index contributed by atoms with van der Waals surface area (Å²) in [5, 5.41) is 2.85. The van der Waals surface area contributed by atoms with Crippen molar-refractivity contribution in [2.45, 2.75) is 32.9 Å². The minimum atomic E-state index is -0.397. The van der Waals surface area contributed by atoms with Crippen LogP contribution in [0.15, 0.2) is 30.3 Å². The first-order valence-corrected chi connectivity index (χ1v) is 6.11. The normalized spacial score (nSPS) is 11.7. The first-order chi connectivity index (χ1) is 8.56. The predicted octanol–water partition coefficient (Wildman–Crippen LogP) is 1.56. The zero-order chi connectivity index (χ0) is 13.5. The van der Waals surface area contributed by atoms with E-state index in [4.69, 9.17) is 0 Å². The van der Waals surface area contributed by atoms with Gasteiger partial charge in [-0.1, -0.05) is 37.3 Å². The molecule has 0 aliphatic heterocycles. The van der Waals surface area contributed by atoms with Gasteiger partial charge in [0.15, 0.2) is 0 Å². The highest BCUT2D eigenvalue weighted by molar-refractivity contribution is 5.86. The summed E-state index contributed by atoms with van der Waals surface area (Å²) in [6.45, 7) is 3.85. The molecule has 0 spiro atoms. The van der Waals surface area contributed by atoms with Crippen molar-refractivity contribution in [3.05, 3.63) is 35.9 Å². The second-order valence-electron chi connectivity index (χ2n) is 4.26. The molecule has 0 heterocycles. The fraction of sp³-hybridized carbons (Fsp3) is 0.429. The van der Waals surface area contributed by atoms with E-state index < -0.39 is 6.04 Å². The molecule has 18 heavy (non-hydrogen) atoms. The molecule has 0 aliphatic carbocycles. The van der Waals surface area contributed by atoms with Crippen molar-refractivity contribution in [1.29, 1.82) is 0 Å². The van der Waals surface area contributed by atoms with Gasteiger partial charge in [-0.25, -0.2) is 0 Å². The molecular weight excluding hydrogens is 228 g/mol. The van der Waals surface area contributed by atoms with E-state index in [1.54, 1.807) is 7.05 Å². The van der Waals surface area contributed by atoms with Gasteiger partial charge in [0.1, 0.15) is 6.04 Å². The zero-order valence-corrected chi connectivity index (χ0v) is 11.1. The van der Waals surface area contributed by atoms with Gasteiger partial charge in [0.05, 0.1) is 0 Å². The number of likely N-dealkylation sites (N-methyl/N-ethyl adjacent to an activating group) is 1. The van der Waals surface area contributed by atoms with Gasteiger partial charge in [-0.3, -0.25) is 9.59 Å². The van der Waals surface area contributed by atoms with Crippen LogP contribution in [0.5, 0.6) is 0 Å². The minimum absolute atomic E-state index is 0.100. The maximum Gasteiger partial charge on any atom is 0.243 e. The molecule has 0 saturated carbocycles. The van der Waals surface area contributed by atoms with Gasteiger partial charge in [0, 0.05) is 20.5 Å². The Labute approximate surface area is 108 Å². The molecule has 0 aliphatic rings. The summed E-state index contributed by atoms with van der Waals surface area (Å²) in [4.78, 5) is 24.7. The van der Waals surface area contributed by atoms with Crippen molar-refractivity contribution in [2.24, 2.45) is 0 Å². The Bertz CT molecular complexity index is 404. The van der Waals surface area contributed by atoms with Crippen LogP contribution in [0, 0.1) is 0 Å². The maximum absolute atomic E-state index is 12.0. The van der Waals surface area contributed by atoms with Crippen molar-refractivity contribution in [3.8, 4) is 0 Å². The number of hydrogen-bond acceptors (Lipinski definition) is 2. The van der Waals surface area contributed by atoms with E-state index in [0.29, 0.717) is 13.0 Å². The quantitative estimate of drug-likeness (QED) is 0.859. The summed E-state index contributed by atoms with van der Waals surface area (Å²) in [7, 11) is 1.65.